The molecule has 0 unspecified atom stereocenters. The van der Waals surface area contributed by atoms with Crippen LogP contribution in [-0.4, -0.2) is 19.8 Å². The van der Waals surface area contributed by atoms with Gasteiger partial charge in [-0.15, -0.1) is 0 Å². The first-order valence-corrected chi connectivity index (χ1v) is 6.21. The smallest absolute Gasteiger partial charge is 0.0475 e. The fourth-order valence-electron chi connectivity index (χ4n) is 2.68. The zero-order valence-electron chi connectivity index (χ0n) is 8.55. The number of anilines is 1. The molecule has 15 heavy (non-hydrogen) atoms. The fourth-order valence-corrected chi connectivity index (χ4v) is 3.04. The quantitative estimate of drug-likeness (QED) is 0.781. The zero-order chi connectivity index (χ0) is 10.3. The minimum atomic E-state index is 0.331. The van der Waals surface area contributed by atoms with Gasteiger partial charge in [-0.1, -0.05) is 15.9 Å². The largest absolute Gasteiger partial charge is 0.384 e. The normalized spacial score (nSPS) is 22.5. The first-order chi connectivity index (χ1) is 7.30. The molecule has 0 aromatic heterocycles. The molecule has 2 aliphatic heterocycles. The Hall–Kier alpha value is -0.540. The molecule has 0 amide bonds. The minimum absolute atomic E-state index is 0.331. The van der Waals surface area contributed by atoms with Crippen LogP contribution in [0.15, 0.2) is 22.7 Å². The summed E-state index contributed by atoms with van der Waals surface area (Å²) in [6.07, 6.45) is 2.28. The van der Waals surface area contributed by atoms with Crippen LogP contribution in [0, 0.1) is 0 Å². The number of hydrogen-bond acceptors (Lipinski definition) is 2. The van der Waals surface area contributed by atoms with Crippen molar-refractivity contribution in [3.8, 4) is 0 Å². The third-order valence-electron chi connectivity index (χ3n) is 3.62. The Morgan fingerprint density at radius 3 is 2.87 bits per heavy atom. The standard InChI is InChI=1S/C12H14BrNO/c13-9-1-2-11-10(7-9)12(8-14-11)3-5-15-6-4-12/h1-2,7,14H,3-6,8H2. The molecule has 1 fully saturated rings. The highest BCUT2D eigenvalue weighted by Crippen LogP contribution is 2.44. The Bertz CT molecular complexity index is 380. The Morgan fingerprint density at radius 2 is 2.07 bits per heavy atom. The topological polar surface area (TPSA) is 21.3 Å². The van der Waals surface area contributed by atoms with Crippen molar-refractivity contribution in [2.45, 2.75) is 18.3 Å². The van der Waals surface area contributed by atoms with Crippen LogP contribution in [0.5, 0.6) is 0 Å². The van der Waals surface area contributed by atoms with Gasteiger partial charge in [0, 0.05) is 35.3 Å². The number of hydrogen-bond donors (Lipinski definition) is 1. The molecule has 0 saturated carbocycles. The van der Waals surface area contributed by atoms with Crippen LogP contribution in [0.3, 0.4) is 0 Å². The first-order valence-electron chi connectivity index (χ1n) is 5.42. The van der Waals surface area contributed by atoms with E-state index >= 15 is 0 Å². The number of benzene rings is 1. The van der Waals surface area contributed by atoms with Gasteiger partial charge in [0.2, 0.25) is 0 Å². The van der Waals surface area contributed by atoms with E-state index in [2.05, 4.69) is 39.4 Å². The van der Waals surface area contributed by atoms with Gasteiger partial charge in [-0.25, -0.2) is 0 Å². The molecule has 3 heteroatoms. The van der Waals surface area contributed by atoms with Gasteiger partial charge in [0.05, 0.1) is 0 Å². The second-order valence-electron chi connectivity index (χ2n) is 4.44. The number of halogens is 1. The van der Waals surface area contributed by atoms with Crippen molar-refractivity contribution in [3.05, 3.63) is 28.2 Å². The summed E-state index contributed by atoms with van der Waals surface area (Å²) in [6.45, 7) is 2.86. The Balaban J connectivity index is 2.05. The number of ether oxygens (including phenoxy) is 1. The Kier molecular flexibility index (Phi) is 2.25. The summed E-state index contributed by atoms with van der Waals surface area (Å²) < 4.78 is 6.64. The average Bonchev–Trinajstić information content (AvgIpc) is 2.59. The van der Waals surface area contributed by atoms with Crippen molar-refractivity contribution in [1.29, 1.82) is 0 Å². The van der Waals surface area contributed by atoms with E-state index in [4.69, 9.17) is 4.74 Å². The summed E-state index contributed by atoms with van der Waals surface area (Å²) in [7, 11) is 0. The number of rotatable bonds is 0. The molecule has 0 radical (unpaired) electrons. The van der Waals surface area contributed by atoms with Crippen LogP contribution in [-0.2, 0) is 10.2 Å². The van der Waals surface area contributed by atoms with E-state index in [1.54, 1.807) is 0 Å². The van der Waals surface area contributed by atoms with Crippen molar-refractivity contribution >= 4 is 21.6 Å². The SMILES string of the molecule is Brc1ccc2c(c1)C1(CCOCC1)CN2. The lowest BCUT2D eigenvalue weighted by Crippen LogP contribution is -2.35. The first kappa shape index (κ1) is 9.67. The van der Waals surface area contributed by atoms with Crippen LogP contribution in [0.2, 0.25) is 0 Å². The van der Waals surface area contributed by atoms with Crippen LogP contribution in [0.25, 0.3) is 0 Å². The molecule has 2 nitrogen and oxygen atoms in total. The van der Waals surface area contributed by atoms with Gasteiger partial charge in [0.15, 0.2) is 0 Å². The average molecular weight is 268 g/mol. The molecular formula is C12H14BrNO. The zero-order valence-corrected chi connectivity index (χ0v) is 10.1. The van der Waals surface area contributed by atoms with Crippen molar-refractivity contribution in [3.63, 3.8) is 0 Å². The summed E-state index contributed by atoms with van der Waals surface area (Å²) in [5.41, 5.74) is 3.11. The fraction of sp³-hybridized carbons (Fsp3) is 0.500. The van der Waals surface area contributed by atoms with Gasteiger partial charge in [-0.05, 0) is 36.6 Å². The van der Waals surface area contributed by atoms with Crippen LogP contribution >= 0.6 is 15.9 Å². The second-order valence-corrected chi connectivity index (χ2v) is 5.35. The lowest BCUT2D eigenvalue weighted by atomic mass is 9.76. The van der Waals surface area contributed by atoms with Crippen molar-refractivity contribution in [2.24, 2.45) is 0 Å². The molecule has 1 aromatic carbocycles. The molecule has 0 aliphatic carbocycles. The maximum atomic E-state index is 5.46. The van der Waals surface area contributed by atoms with Crippen LogP contribution in [0.4, 0.5) is 5.69 Å². The molecule has 1 aromatic rings. The van der Waals surface area contributed by atoms with Gasteiger partial charge >= 0.3 is 0 Å². The summed E-state index contributed by atoms with van der Waals surface area (Å²) in [4.78, 5) is 0. The van der Waals surface area contributed by atoms with E-state index in [1.165, 1.54) is 15.7 Å². The second kappa shape index (κ2) is 3.49. The van der Waals surface area contributed by atoms with Crippen molar-refractivity contribution < 1.29 is 4.74 Å². The third kappa shape index (κ3) is 1.49. The van der Waals surface area contributed by atoms with Crippen LogP contribution in [0.1, 0.15) is 18.4 Å². The van der Waals surface area contributed by atoms with Crippen molar-refractivity contribution in [1.82, 2.24) is 0 Å². The van der Waals surface area contributed by atoms with Gasteiger partial charge in [-0.2, -0.15) is 0 Å². The highest BCUT2D eigenvalue weighted by atomic mass is 79.9. The lowest BCUT2D eigenvalue weighted by Gasteiger charge is -2.33. The van der Waals surface area contributed by atoms with E-state index in [-0.39, 0.29) is 0 Å². The van der Waals surface area contributed by atoms with Gasteiger partial charge in [-0.3, -0.25) is 0 Å². The van der Waals surface area contributed by atoms with Crippen LogP contribution < -0.4 is 5.32 Å². The van der Waals surface area contributed by atoms with Gasteiger partial charge in [0.1, 0.15) is 0 Å². The maximum absolute atomic E-state index is 5.46. The minimum Gasteiger partial charge on any atom is -0.384 e. The van der Waals surface area contributed by atoms with E-state index in [0.717, 1.165) is 32.6 Å². The summed E-state index contributed by atoms with van der Waals surface area (Å²) in [6, 6.07) is 6.54. The molecule has 3 rings (SSSR count). The maximum Gasteiger partial charge on any atom is 0.0475 e. The number of nitrogens with one attached hydrogen (secondary N) is 1. The van der Waals surface area contributed by atoms with E-state index in [0.29, 0.717) is 5.41 Å². The third-order valence-corrected chi connectivity index (χ3v) is 4.11. The van der Waals surface area contributed by atoms with Gasteiger partial charge < -0.3 is 10.1 Å². The molecule has 1 N–H and O–H groups in total. The molecule has 2 aliphatic rings. The summed E-state index contributed by atoms with van der Waals surface area (Å²) in [5, 5.41) is 3.51. The summed E-state index contributed by atoms with van der Waals surface area (Å²) in [5.74, 6) is 0. The number of fused-ring (bicyclic) bond motifs is 2. The lowest BCUT2D eigenvalue weighted by molar-refractivity contribution is 0.0567. The predicted octanol–water partition coefficient (Wildman–Crippen LogP) is 2.92. The van der Waals surface area contributed by atoms with Gasteiger partial charge in [0.25, 0.3) is 0 Å². The van der Waals surface area contributed by atoms with E-state index in [1.807, 2.05) is 0 Å². The predicted molar refractivity (Wildman–Crippen MR) is 64.4 cm³/mol. The summed E-state index contributed by atoms with van der Waals surface area (Å²) >= 11 is 3.56. The monoisotopic (exact) mass is 267 g/mol. The molecule has 0 bridgehead atoms. The van der Waals surface area contributed by atoms with E-state index in [9.17, 15) is 0 Å². The Labute approximate surface area is 98.1 Å². The Morgan fingerprint density at radius 1 is 1.27 bits per heavy atom. The molecule has 0 atom stereocenters. The molecule has 1 spiro atoms. The molecular weight excluding hydrogens is 254 g/mol. The molecule has 2 heterocycles. The highest BCUT2D eigenvalue weighted by Gasteiger charge is 2.40. The highest BCUT2D eigenvalue weighted by molar-refractivity contribution is 9.10. The molecule has 80 valence electrons. The van der Waals surface area contributed by atoms with Crippen molar-refractivity contribution in [2.75, 3.05) is 25.1 Å². The van der Waals surface area contributed by atoms with E-state index < -0.39 is 0 Å². The molecule has 1 saturated heterocycles.